The fraction of sp³-hybridized carbons (Fsp3) is 0. The number of aromatic nitrogens is 1. The zero-order chi connectivity index (χ0) is 13.2. The first kappa shape index (κ1) is 11.1. The highest BCUT2D eigenvalue weighted by Gasteiger charge is 2.05. The fourth-order valence-corrected chi connectivity index (χ4v) is 2.13. The third-order valence-electron chi connectivity index (χ3n) is 2.92. The lowest BCUT2D eigenvalue weighted by Crippen LogP contribution is -1.67. The van der Waals surface area contributed by atoms with E-state index in [2.05, 4.69) is 15.0 Å². The van der Waals surface area contributed by atoms with Crippen molar-refractivity contribution in [2.75, 3.05) is 0 Å². The second-order valence-electron chi connectivity index (χ2n) is 3.99. The van der Waals surface area contributed by atoms with Crippen LogP contribution in [0.2, 0.25) is 0 Å². The molecule has 0 saturated heterocycles. The van der Waals surface area contributed by atoms with Crippen LogP contribution in [0.1, 0.15) is 0 Å². The Hall–Kier alpha value is -3.00. The van der Waals surface area contributed by atoms with Gasteiger partial charge in [0.1, 0.15) is 0 Å². The molecule has 0 aliphatic heterocycles. The van der Waals surface area contributed by atoms with Gasteiger partial charge in [0.15, 0.2) is 0 Å². The summed E-state index contributed by atoms with van der Waals surface area (Å²) in [4.78, 5) is 30.8. The van der Waals surface area contributed by atoms with E-state index in [0.29, 0.717) is 11.4 Å². The monoisotopic (exact) mass is 249 g/mol. The number of aromatic amines is 1. The number of fused-ring (bicyclic) bond motifs is 3. The highest BCUT2D eigenvalue weighted by atomic mass is 16.1. The molecule has 0 amide bonds. The zero-order valence-corrected chi connectivity index (χ0v) is 9.68. The van der Waals surface area contributed by atoms with Crippen molar-refractivity contribution < 1.29 is 9.59 Å². The van der Waals surface area contributed by atoms with Crippen LogP contribution in [0.15, 0.2) is 46.4 Å². The second-order valence-corrected chi connectivity index (χ2v) is 3.99. The van der Waals surface area contributed by atoms with E-state index >= 15 is 0 Å². The van der Waals surface area contributed by atoms with Crippen molar-refractivity contribution in [3.05, 3.63) is 36.4 Å². The van der Waals surface area contributed by atoms with Crippen LogP contribution < -0.4 is 0 Å². The summed E-state index contributed by atoms with van der Waals surface area (Å²) in [5.41, 5.74) is 2.80. The van der Waals surface area contributed by atoms with Crippen molar-refractivity contribution in [2.24, 2.45) is 9.98 Å². The minimum absolute atomic E-state index is 0.542. The molecule has 0 fully saturated rings. The maximum absolute atomic E-state index is 10.2. The number of nitrogens with one attached hydrogen (secondary N) is 1. The van der Waals surface area contributed by atoms with Gasteiger partial charge < -0.3 is 4.98 Å². The largest absolute Gasteiger partial charge is 0.354 e. The zero-order valence-electron chi connectivity index (χ0n) is 9.68. The molecule has 5 nitrogen and oxygen atoms in total. The van der Waals surface area contributed by atoms with E-state index in [1.807, 2.05) is 12.1 Å². The van der Waals surface area contributed by atoms with Crippen LogP contribution >= 0.6 is 0 Å². The van der Waals surface area contributed by atoms with Gasteiger partial charge in [0, 0.05) is 21.8 Å². The number of nitrogens with zero attached hydrogens (tertiary/aromatic N) is 2. The lowest BCUT2D eigenvalue weighted by atomic mass is 10.1. The van der Waals surface area contributed by atoms with Crippen LogP contribution in [0.25, 0.3) is 21.8 Å². The second kappa shape index (κ2) is 4.35. The van der Waals surface area contributed by atoms with Crippen LogP contribution in [0.4, 0.5) is 11.4 Å². The van der Waals surface area contributed by atoms with Crippen molar-refractivity contribution in [3.8, 4) is 0 Å². The first-order valence-electron chi connectivity index (χ1n) is 5.53. The van der Waals surface area contributed by atoms with Gasteiger partial charge in [-0.15, -0.1) is 0 Å². The fourth-order valence-electron chi connectivity index (χ4n) is 2.13. The summed E-state index contributed by atoms with van der Waals surface area (Å²) in [7, 11) is 0. The van der Waals surface area contributed by atoms with Gasteiger partial charge in [-0.25, -0.2) is 9.59 Å². The summed E-state index contributed by atoms with van der Waals surface area (Å²) in [6.45, 7) is 0. The highest BCUT2D eigenvalue weighted by molar-refractivity contribution is 6.08. The molecule has 0 aliphatic rings. The molecule has 1 heterocycles. The Bertz CT molecular complexity index is 810. The Morgan fingerprint density at radius 1 is 0.789 bits per heavy atom. The van der Waals surface area contributed by atoms with Gasteiger partial charge in [0.05, 0.1) is 11.4 Å². The van der Waals surface area contributed by atoms with Gasteiger partial charge in [-0.3, -0.25) is 0 Å². The van der Waals surface area contributed by atoms with Crippen molar-refractivity contribution in [1.82, 2.24) is 4.98 Å². The lowest BCUT2D eigenvalue weighted by Gasteiger charge is -1.93. The van der Waals surface area contributed by atoms with Gasteiger partial charge in [-0.05, 0) is 24.3 Å². The predicted octanol–water partition coefficient (Wildman–Crippen LogP) is 3.26. The molecule has 0 bridgehead atoms. The number of carbonyl (C=O) groups excluding carboxylic acids is 2. The van der Waals surface area contributed by atoms with Gasteiger partial charge in [-0.2, -0.15) is 9.98 Å². The Kier molecular flexibility index (Phi) is 2.54. The minimum Gasteiger partial charge on any atom is -0.354 e. The van der Waals surface area contributed by atoms with E-state index in [1.165, 1.54) is 12.2 Å². The SMILES string of the molecule is O=C=Nc1ccc2c(c1)[nH]c1cc(N=C=O)ccc12. The van der Waals surface area contributed by atoms with Crippen molar-refractivity contribution >= 4 is 45.3 Å². The summed E-state index contributed by atoms with van der Waals surface area (Å²) in [6, 6.07) is 10.8. The topological polar surface area (TPSA) is 74.7 Å². The molecule has 0 aliphatic carbocycles. The number of aliphatic imine (C=N–C) groups is 2. The predicted molar refractivity (Wildman–Crippen MR) is 71.4 cm³/mol. The summed E-state index contributed by atoms with van der Waals surface area (Å²) in [6.07, 6.45) is 3.02. The summed E-state index contributed by atoms with van der Waals surface area (Å²) in [5.74, 6) is 0. The average molecular weight is 249 g/mol. The smallest absolute Gasteiger partial charge is 0.240 e. The molecule has 19 heavy (non-hydrogen) atoms. The Morgan fingerprint density at radius 3 is 1.68 bits per heavy atom. The van der Waals surface area contributed by atoms with Crippen LogP contribution in [0.5, 0.6) is 0 Å². The molecule has 5 heteroatoms. The Balaban J connectivity index is 2.30. The number of benzene rings is 2. The first-order chi connectivity index (χ1) is 9.31. The standard InChI is InChI=1S/C14H7N3O2/c18-7-15-9-1-3-11-12-4-2-10(16-8-19)6-14(12)17-13(11)5-9/h1-6,17H. The first-order valence-corrected chi connectivity index (χ1v) is 5.53. The Labute approximate surface area is 107 Å². The van der Waals surface area contributed by atoms with Crippen molar-refractivity contribution in [1.29, 1.82) is 0 Å². The maximum atomic E-state index is 10.2. The molecular formula is C14H7N3O2. The number of isocyanates is 2. The van der Waals surface area contributed by atoms with Crippen LogP contribution in [-0.2, 0) is 9.59 Å². The number of H-pyrrole nitrogens is 1. The molecule has 90 valence electrons. The number of rotatable bonds is 2. The molecule has 0 radical (unpaired) electrons. The van der Waals surface area contributed by atoms with Gasteiger partial charge in [0.25, 0.3) is 0 Å². The summed E-state index contributed by atoms with van der Waals surface area (Å²) >= 11 is 0. The maximum Gasteiger partial charge on any atom is 0.240 e. The third-order valence-corrected chi connectivity index (χ3v) is 2.92. The molecule has 0 spiro atoms. The van der Waals surface area contributed by atoms with E-state index < -0.39 is 0 Å². The molecule has 0 atom stereocenters. The van der Waals surface area contributed by atoms with Gasteiger partial charge >= 0.3 is 0 Å². The van der Waals surface area contributed by atoms with Crippen molar-refractivity contribution in [3.63, 3.8) is 0 Å². The summed E-state index contributed by atoms with van der Waals surface area (Å²) in [5, 5.41) is 2.03. The molecule has 0 saturated carbocycles. The third kappa shape index (κ3) is 1.85. The molecule has 1 N–H and O–H groups in total. The number of hydrogen-bond donors (Lipinski definition) is 1. The highest BCUT2D eigenvalue weighted by Crippen LogP contribution is 2.30. The molecule has 2 aromatic carbocycles. The lowest BCUT2D eigenvalue weighted by molar-refractivity contribution is 0.564. The van der Waals surface area contributed by atoms with Crippen LogP contribution in [0, 0.1) is 0 Å². The van der Waals surface area contributed by atoms with Gasteiger partial charge in [0.2, 0.25) is 12.2 Å². The van der Waals surface area contributed by atoms with Gasteiger partial charge in [-0.1, -0.05) is 12.1 Å². The Morgan fingerprint density at radius 2 is 1.26 bits per heavy atom. The van der Waals surface area contributed by atoms with Crippen LogP contribution in [-0.4, -0.2) is 17.1 Å². The molecular weight excluding hydrogens is 242 g/mol. The van der Waals surface area contributed by atoms with E-state index in [1.54, 1.807) is 24.3 Å². The van der Waals surface area contributed by atoms with Crippen LogP contribution in [0.3, 0.4) is 0 Å². The van der Waals surface area contributed by atoms with E-state index in [0.717, 1.165) is 21.8 Å². The van der Waals surface area contributed by atoms with Crippen molar-refractivity contribution in [2.45, 2.75) is 0 Å². The molecule has 0 unspecified atom stereocenters. The average Bonchev–Trinajstić information content (AvgIpc) is 2.76. The number of hydrogen-bond acceptors (Lipinski definition) is 4. The van der Waals surface area contributed by atoms with E-state index in [4.69, 9.17) is 0 Å². The summed E-state index contributed by atoms with van der Waals surface area (Å²) < 4.78 is 0. The minimum atomic E-state index is 0.542. The van der Waals surface area contributed by atoms with E-state index in [-0.39, 0.29) is 0 Å². The van der Waals surface area contributed by atoms with E-state index in [9.17, 15) is 9.59 Å². The molecule has 3 aromatic rings. The molecule has 3 rings (SSSR count). The normalized spacial score (nSPS) is 10.1. The quantitative estimate of drug-likeness (QED) is 0.559. The molecule has 1 aromatic heterocycles.